The highest BCUT2D eigenvalue weighted by molar-refractivity contribution is 5.94. The lowest BCUT2D eigenvalue weighted by atomic mass is 9.54. The predicted octanol–water partition coefficient (Wildman–Crippen LogP) is 3.68. The number of aryl methyl sites for hydroxylation is 1. The zero-order chi connectivity index (χ0) is 19.2. The lowest BCUT2D eigenvalue weighted by Crippen LogP contribution is -2.58. The van der Waals surface area contributed by atoms with Gasteiger partial charge in [-0.1, -0.05) is 13.0 Å². The highest BCUT2D eigenvalue weighted by Gasteiger charge is 2.71. The molecule has 1 aromatic rings. The van der Waals surface area contributed by atoms with Crippen molar-refractivity contribution in [2.45, 2.75) is 56.8 Å². The molecule has 7 heteroatoms. The highest BCUT2D eigenvalue weighted by atomic mass is 19.4. The maximum absolute atomic E-state index is 13.4. The molecule has 2 fully saturated rings. The number of hydrazone groups is 1. The Morgan fingerprint density at radius 2 is 2.04 bits per heavy atom. The number of rotatable bonds is 0. The van der Waals surface area contributed by atoms with E-state index in [2.05, 4.69) is 10.5 Å². The first-order chi connectivity index (χ1) is 12.6. The van der Waals surface area contributed by atoms with E-state index < -0.39 is 28.9 Å². The van der Waals surface area contributed by atoms with Crippen molar-refractivity contribution in [3.63, 3.8) is 0 Å². The molecule has 0 bridgehead atoms. The van der Waals surface area contributed by atoms with E-state index in [-0.39, 0.29) is 23.5 Å². The van der Waals surface area contributed by atoms with Crippen LogP contribution in [0.4, 0.5) is 13.2 Å². The molecule has 6 atom stereocenters. The standard InChI is InChI=1S/C20H23F3N2O2/c1-18-7-6-13-12-5-3-11(26)8-10(12)2-4-14(13)15(18)9-16-17(20(21,22)23)24-25-19(16,18)27/h3,5,8,13-16,25-27H,2,4,6-7,9H2,1H3/t13?,14?,15?,16?,18-,19?/m0/s1. The van der Waals surface area contributed by atoms with Crippen LogP contribution >= 0.6 is 0 Å². The summed E-state index contributed by atoms with van der Waals surface area (Å²) in [6.07, 6.45) is -1.04. The number of phenolic OH excluding ortho intramolecular Hbond substituents is 1. The minimum atomic E-state index is -4.53. The molecule has 0 amide bonds. The third kappa shape index (κ3) is 2.12. The number of benzene rings is 1. The minimum absolute atomic E-state index is 0.00792. The Kier molecular flexibility index (Phi) is 3.33. The monoisotopic (exact) mass is 380 g/mol. The Balaban J connectivity index is 1.52. The number of halogens is 3. The van der Waals surface area contributed by atoms with Crippen LogP contribution in [0, 0.1) is 23.2 Å². The van der Waals surface area contributed by atoms with Crippen LogP contribution in [0.25, 0.3) is 0 Å². The number of alkyl halides is 3. The van der Waals surface area contributed by atoms with E-state index >= 15 is 0 Å². The number of hydrogen-bond acceptors (Lipinski definition) is 4. The molecule has 1 aliphatic heterocycles. The maximum Gasteiger partial charge on any atom is 0.431 e. The van der Waals surface area contributed by atoms with Gasteiger partial charge >= 0.3 is 6.18 Å². The van der Waals surface area contributed by atoms with Crippen molar-refractivity contribution in [2.75, 3.05) is 0 Å². The fraction of sp³-hybridized carbons (Fsp3) is 0.650. The lowest BCUT2D eigenvalue weighted by Gasteiger charge is -2.52. The van der Waals surface area contributed by atoms with E-state index in [1.165, 1.54) is 5.56 Å². The van der Waals surface area contributed by atoms with Gasteiger partial charge in [0, 0.05) is 5.41 Å². The van der Waals surface area contributed by atoms with E-state index in [9.17, 15) is 23.4 Å². The van der Waals surface area contributed by atoms with E-state index in [1.54, 1.807) is 6.07 Å². The fourth-order valence-electron chi connectivity index (χ4n) is 6.62. The number of nitrogens with zero attached hydrogens (tertiary/aromatic N) is 1. The normalized spacial score (nSPS) is 42.5. The van der Waals surface area contributed by atoms with Crippen molar-refractivity contribution in [3.05, 3.63) is 29.3 Å². The topological polar surface area (TPSA) is 64.9 Å². The summed E-state index contributed by atoms with van der Waals surface area (Å²) < 4.78 is 40.3. The molecule has 3 aliphatic carbocycles. The zero-order valence-corrected chi connectivity index (χ0v) is 15.1. The van der Waals surface area contributed by atoms with Gasteiger partial charge in [-0.3, -0.25) is 5.43 Å². The summed E-state index contributed by atoms with van der Waals surface area (Å²) in [5.41, 5.74) is 1.75. The molecular formula is C20H23F3N2O2. The third-order valence-electron chi connectivity index (χ3n) is 7.93. The van der Waals surface area contributed by atoms with Crippen LogP contribution in [0.3, 0.4) is 0 Å². The van der Waals surface area contributed by atoms with Gasteiger partial charge in [0.05, 0.1) is 5.92 Å². The average molecular weight is 380 g/mol. The predicted molar refractivity (Wildman–Crippen MR) is 93.2 cm³/mol. The molecule has 0 spiro atoms. The first-order valence-corrected chi connectivity index (χ1v) is 9.61. The second-order valence-electron chi connectivity index (χ2n) is 8.92. The molecule has 1 aromatic carbocycles. The summed E-state index contributed by atoms with van der Waals surface area (Å²) in [6.45, 7) is 1.93. The van der Waals surface area contributed by atoms with E-state index in [0.717, 1.165) is 24.8 Å². The molecule has 1 heterocycles. The van der Waals surface area contributed by atoms with Crippen LogP contribution in [-0.4, -0.2) is 27.8 Å². The molecule has 146 valence electrons. The Bertz CT molecular complexity index is 839. The molecule has 0 aromatic heterocycles. The lowest BCUT2D eigenvalue weighted by molar-refractivity contribution is -0.130. The first-order valence-electron chi connectivity index (χ1n) is 9.61. The van der Waals surface area contributed by atoms with Crippen LogP contribution in [0.2, 0.25) is 0 Å². The summed E-state index contributed by atoms with van der Waals surface area (Å²) in [5, 5.41) is 24.6. The highest BCUT2D eigenvalue weighted by Crippen LogP contribution is 2.66. The summed E-state index contributed by atoms with van der Waals surface area (Å²) in [4.78, 5) is 0. The summed E-state index contributed by atoms with van der Waals surface area (Å²) in [6, 6.07) is 5.48. The van der Waals surface area contributed by atoms with Crippen LogP contribution in [0.15, 0.2) is 23.3 Å². The van der Waals surface area contributed by atoms with Gasteiger partial charge in [-0.15, -0.1) is 0 Å². The second kappa shape index (κ2) is 5.19. The molecule has 27 heavy (non-hydrogen) atoms. The van der Waals surface area contributed by atoms with Gasteiger partial charge in [0.25, 0.3) is 0 Å². The number of aromatic hydroxyl groups is 1. The molecule has 4 aliphatic rings. The third-order valence-corrected chi connectivity index (χ3v) is 7.93. The van der Waals surface area contributed by atoms with Crippen LogP contribution in [0.1, 0.15) is 49.7 Å². The summed E-state index contributed by atoms with van der Waals surface area (Å²) in [5.74, 6) is -0.221. The van der Waals surface area contributed by atoms with Gasteiger partial charge in [-0.25, -0.2) is 0 Å². The van der Waals surface area contributed by atoms with Gasteiger partial charge in [-0.05, 0) is 73.1 Å². The van der Waals surface area contributed by atoms with Crippen molar-refractivity contribution in [3.8, 4) is 5.75 Å². The molecule has 4 nitrogen and oxygen atoms in total. The van der Waals surface area contributed by atoms with E-state index in [1.807, 2.05) is 19.1 Å². The molecule has 2 saturated carbocycles. The quantitative estimate of drug-likeness (QED) is 0.643. The number of fused-ring (bicyclic) bond motifs is 7. The van der Waals surface area contributed by atoms with E-state index in [4.69, 9.17) is 0 Å². The number of nitrogens with one attached hydrogen (secondary N) is 1. The molecule has 0 saturated heterocycles. The van der Waals surface area contributed by atoms with Crippen molar-refractivity contribution < 1.29 is 23.4 Å². The Morgan fingerprint density at radius 1 is 1.26 bits per heavy atom. The van der Waals surface area contributed by atoms with Crippen molar-refractivity contribution >= 4 is 5.71 Å². The van der Waals surface area contributed by atoms with Gasteiger partial charge in [0.15, 0.2) is 5.72 Å². The Labute approximate surface area is 155 Å². The molecular weight excluding hydrogens is 357 g/mol. The van der Waals surface area contributed by atoms with E-state index in [0.29, 0.717) is 12.8 Å². The van der Waals surface area contributed by atoms with Gasteiger partial charge in [-0.2, -0.15) is 18.3 Å². The first kappa shape index (κ1) is 17.3. The van der Waals surface area contributed by atoms with Crippen LogP contribution in [-0.2, 0) is 6.42 Å². The SMILES string of the molecule is C[C@]12CCC3c4ccc(O)cc4CCC3C1CC1C(C(F)(F)F)=NNC12O. The van der Waals surface area contributed by atoms with Crippen molar-refractivity contribution in [1.29, 1.82) is 0 Å². The second-order valence-corrected chi connectivity index (χ2v) is 8.92. The average Bonchev–Trinajstić information content (AvgIpc) is 3.05. The van der Waals surface area contributed by atoms with Crippen LogP contribution in [0.5, 0.6) is 5.75 Å². The number of aliphatic hydroxyl groups is 1. The fourth-order valence-corrected chi connectivity index (χ4v) is 6.62. The van der Waals surface area contributed by atoms with Crippen LogP contribution < -0.4 is 5.43 Å². The molecule has 0 radical (unpaired) electrons. The number of hydrogen-bond donors (Lipinski definition) is 3. The number of phenols is 1. The largest absolute Gasteiger partial charge is 0.508 e. The van der Waals surface area contributed by atoms with Gasteiger partial charge < -0.3 is 10.2 Å². The van der Waals surface area contributed by atoms with Crippen molar-refractivity contribution in [1.82, 2.24) is 5.43 Å². The summed E-state index contributed by atoms with van der Waals surface area (Å²) >= 11 is 0. The molecule has 3 N–H and O–H groups in total. The Morgan fingerprint density at radius 3 is 2.78 bits per heavy atom. The van der Waals surface area contributed by atoms with Gasteiger partial charge in [0.1, 0.15) is 11.5 Å². The Hall–Kier alpha value is -1.76. The summed E-state index contributed by atoms with van der Waals surface area (Å²) in [7, 11) is 0. The molecule has 5 unspecified atom stereocenters. The molecule has 5 rings (SSSR count). The maximum atomic E-state index is 13.4. The van der Waals surface area contributed by atoms with Gasteiger partial charge in [0.2, 0.25) is 0 Å². The zero-order valence-electron chi connectivity index (χ0n) is 15.1. The minimum Gasteiger partial charge on any atom is -0.508 e. The smallest absolute Gasteiger partial charge is 0.431 e. The van der Waals surface area contributed by atoms with Crippen molar-refractivity contribution in [2.24, 2.45) is 28.3 Å².